The largest absolute Gasteiger partial charge is 0.489 e. The van der Waals surface area contributed by atoms with Crippen molar-refractivity contribution in [3.8, 4) is 5.75 Å². The molecule has 1 aromatic carbocycles. The van der Waals surface area contributed by atoms with E-state index >= 15 is 0 Å². The molecule has 1 aromatic rings. The molecule has 1 saturated heterocycles. The molecule has 3 N–H and O–H groups in total. The van der Waals surface area contributed by atoms with Gasteiger partial charge in [-0.15, -0.1) is 12.4 Å². The molecule has 1 aliphatic rings. The summed E-state index contributed by atoms with van der Waals surface area (Å²) < 4.78 is 17.6. The third-order valence-corrected chi connectivity index (χ3v) is 3.04. The molecule has 0 saturated carbocycles. The van der Waals surface area contributed by atoms with Crippen molar-refractivity contribution in [2.24, 2.45) is 5.73 Å². The number of nitrogens with zero attached hydrogens (tertiary/aromatic N) is 1. The molecule has 1 aliphatic heterocycles. The fourth-order valence-corrected chi connectivity index (χ4v) is 2.09. The van der Waals surface area contributed by atoms with E-state index in [1.165, 1.54) is 0 Å². The standard InChI is InChI=1S/C13H18FN3O2.ClH/c14-3-8-19-12-2-1-10(13(15)18)9-11(12)17-6-4-16-5-7-17;/h1-2,9,16H,3-8H2,(H2,15,18);1H. The lowest BCUT2D eigenvalue weighted by Crippen LogP contribution is -2.43. The summed E-state index contributed by atoms with van der Waals surface area (Å²) in [4.78, 5) is 13.4. The fourth-order valence-electron chi connectivity index (χ4n) is 2.09. The number of nitrogens with two attached hydrogens (primary N) is 1. The minimum absolute atomic E-state index is 0. The number of nitrogens with one attached hydrogen (secondary N) is 1. The van der Waals surface area contributed by atoms with Gasteiger partial charge >= 0.3 is 0 Å². The number of benzene rings is 1. The average Bonchev–Trinajstić information content (AvgIpc) is 2.45. The smallest absolute Gasteiger partial charge is 0.248 e. The van der Waals surface area contributed by atoms with E-state index in [4.69, 9.17) is 10.5 Å². The highest BCUT2D eigenvalue weighted by Crippen LogP contribution is 2.30. The van der Waals surface area contributed by atoms with Gasteiger partial charge in [0.15, 0.2) is 0 Å². The Morgan fingerprint density at radius 2 is 2.10 bits per heavy atom. The summed E-state index contributed by atoms with van der Waals surface area (Å²) in [5, 5.41) is 3.25. The quantitative estimate of drug-likeness (QED) is 0.850. The molecular formula is C13H19ClFN3O2. The molecule has 0 aromatic heterocycles. The molecule has 7 heteroatoms. The zero-order valence-corrected chi connectivity index (χ0v) is 11.9. The Balaban J connectivity index is 0.00000200. The summed E-state index contributed by atoms with van der Waals surface area (Å²) in [6.07, 6.45) is 0. The zero-order chi connectivity index (χ0) is 13.7. The number of hydrogen-bond donors (Lipinski definition) is 2. The van der Waals surface area contributed by atoms with Crippen LogP contribution in [0.25, 0.3) is 0 Å². The van der Waals surface area contributed by atoms with Crippen LogP contribution in [0.4, 0.5) is 10.1 Å². The second kappa shape index (κ2) is 7.91. The van der Waals surface area contributed by atoms with Crippen molar-refractivity contribution < 1.29 is 13.9 Å². The van der Waals surface area contributed by atoms with Crippen molar-refractivity contribution in [3.63, 3.8) is 0 Å². The van der Waals surface area contributed by atoms with Gasteiger partial charge < -0.3 is 20.7 Å². The molecule has 112 valence electrons. The van der Waals surface area contributed by atoms with Crippen molar-refractivity contribution in [1.82, 2.24) is 5.32 Å². The number of amides is 1. The van der Waals surface area contributed by atoms with Gasteiger partial charge in [-0.1, -0.05) is 0 Å². The Labute approximate surface area is 123 Å². The van der Waals surface area contributed by atoms with Gasteiger partial charge in [0.25, 0.3) is 0 Å². The van der Waals surface area contributed by atoms with E-state index in [1.807, 2.05) is 0 Å². The summed E-state index contributed by atoms with van der Waals surface area (Å²) in [6.45, 7) is 2.82. The second-order valence-corrected chi connectivity index (χ2v) is 4.32. The number of carbonyl (C=O) groups excluding carboxylic acids is 1. The Morgan fingerprint density at radius 1 is 1.40 bits per heavy atom. The Hall–Kier alpha value is -1.53. The van der Waals surface area contributed by atoms with E-state index < -0.39 is 12.6 Å². The van der Waals surface area contributed by atoms with Gasteiger partial charge in [0.2, 0.25) is 5.91 Å². The second-order valence-electron chi connectivity index (χ2n) is 4.32. The van der Waals surface area contributed by atoms with Gasteiger partial charge in [0.1, 0.15) is 19.0 Å². The molecule has 0 atom stereocenters. The predicted octanol–water partition coefficient (Wildman–Crippen LogP) is 0.965. The maximum absolute atomic E-state index is 12.2. The molecular weight excluding hydrogens is 285 g/mol. The highest BCUT2D eigenvalue weighted by Gasteiger charge is 2.17. The molecule has 0 spiro atoms. The van der Waals surface area contributed by atoms with Crippen LogP contribution in [0.5, 0.6) is 5.75 Å². The monoisotopic (exact) mass is 303 g/mol. The first-order valence-corrected chi connectivity index (χ1v) is 6.30. The van der Waals surface area contributed by atoms with E-state index in [2.05, 4.69) is 10.2 Å². The summed E-state index contributed by atoms with van der Waals surface area (Å²) in [5.74, 6) is 0.109. The number of hydrogen-bond acceptors (Lipinski definition) is 4. The van der Waals surface area contributed by atoms with Crippen molar-refractivity contribution in [3.05, 3.63) is 23.8 Å². The van der Waals surface area contributed by atoms with Crippen LogP contribution < -0.4 is 20.7 Å². The lowest BCUT2D eigenvalue weighted by Gasteiger charge is -2.31. The number of piperazine rings is 1. The maximum atomic E-state index is 12.2. The van der Waals surface area contributed by atoms with E-state index in [0.29, 0.717) is 11.3 Å². The van der Waals surface area contributed by atoms with E-state index in [0.717, 1.165) is 31.9 Å². The van der Waals surface area contributed by atoms with Gasteiger partial charge in [-0.25, -0.2) is 4.39 Å². The van der Waals surface area contributed by atoms with Crippen LogP contribution in [0.15, 0.2) is 18.2 Å². The van der Waals surface area contributed by atoms with Crippen molar-refractivity contribution in [2.45, 2.75) is 0 Å². The number of anilines is 1. The van der Waals surface area contributed by atoms with Gasteiger partial charge in [-0.2, -0.15) is 0 Å². The fraction of sp³-hybridized carbons (Fsp3) is 0.462. The summed E-state index contributed by atoms with van der Waals surface area (Å²) >= 11 is 0. The first kappa shape index (κ1) is 16.5. The van der Waals surface area contributed by atoms with Gasteiger partial charge in [0, 0.05) is 31.7 Å². The molecule has 0 unspecified atom stereocenters. The molecule has 5 nitrogen and oxygen atoms in total. The van der Waals surface area contributed by atoms with Gasteiger partial charge in [-0.05, 0) is 18.2 Å². The third kappa shape index (κ3) is 3.98. The number of primary amides is 1. The van der Waals surface area contributed by atoms with E-state index in [9.17, 15) is 9.18 Å². The summed E-state index contributed by atoms with van der Waals surface area (Å²) in [7, 11) is 0. The molecule has 2 rings (SSSR count). The lowest BCUT2D eigenvalue weighted by atomic mass is 10.1. The molecule has 1 amide bonds. The minimum atomic E-state index is -0.543. The van der Waals surface area contributed by atoms with Crippen LogP contribution in [0.2, 0.25) is 0 Å². The SMILES string of the molecule is Cl.NC(=O)c1ccc(OCCF)c(N2CCNCC2)c1. The summed E-state index contributed by atoms with van der Waals surface area (Å²) in [6, 6.07) is 4.98. The molecule has 0 aliphatic carbocycles. The first-order valence-electron chi connectivity index (χ1n) is 6.30. The Kier molecular flexibility index (Phi) is 6.54. The van der Waals surface area contributed by atoms with Crippen LogP contribution in [0.3, 0.4) is 0 Å². The Bertz CT molecular complexity index is 453. The van der Waals surface area contributed by atoms with Crippen LogP contribution >= 0.6 is 12.4 Å². The topological polar surface area (TPSA) is 67.6 Å². The van der Waals surface area contributed by atoms with Crippen LogP contribution in [0.1, 0.15) is 10.4 Å². The average molecular weight is 304 g/mol. The lowest BCUT2D eigenvalue weighted by molar-refractivity contribution is 0.100. The molecule has 1 heterocycles. The zero-order valence-electron chi connectivity index (χ0n) is 11.1. The van der Waals surface area contributed by atoms with Gasteiger partial charge in [0.05, 0.1) is 5.69 Å². The van der Waals surface area contributed by atoms with Crippen molar-refractivity contribution in [2.75, 3.05) is 44.4 Å². The molecule has 20 heavy (non-hydrogen) atoms. The van der Waals surface area contributed by atoms with Gasteiger partial charge in [-0.3, -0.25) is 4.79 Å². The number of alkyl halides is 1. The van der Waals surface area contributed by atoms with Crippen LogP contribution in [-0.2, 0) is 0 Å². The highest BCUT2D eigenvalue weighted by atomic mass is 35.5. The van der Waals surface area contributed by atoms with Crippen LogP contribution in [-0.4, -0.2) is 45.4 Å². The number of halogens is 2. The normalized spacial score (nSPS) is 14.6. The van der Waals surface area contributed by atoms with Crippen molar-refractivity contribution in [1.29, 1.82) is 0 Å². The van der Waals surface area contributed by atoms with Crippen molar-refractivity contribution >= 4 is 24.0 Å². The minimum Gasteiger partial charge on any atom is -0.489 e. The molecule has 1 fully saturated rings. The first-order chi connectivity index (χ1) is 9.22. The molecule has 0 radical (unpaired) electrons. The number of ether oxygens (including phenoxy) is 1. The molecule has 0 bridgehead atoms. The van der Waals surface area contributed by atoms with Crippen LogP contribution in [0, 0.1) is 0 Å². The predicted molar refractivity (Wildman–Crippen MR) is 78.8 cm³/mol. The maximum Gasteiger partial charge on any atom is 0.248 e. The van der Waals surface area contributed by atoms with E-state index in [-0.39, 0.29) is 19.0 Å². The number of rotatable bonds is 5. The number of carbonyl (C=O) groups is 1. The Morgan fingerprint density at radius 3 is 2.70 bits per heavy atom. The highest BCUT2D eigenvalue weighted by molar-refractivity contribution is 5.94. The third-order valence-electron chi connectivity index (χ3n) is 3.04. The summed E-state index contributed by atoms with van der Waals surface area (Å²) in [5.41, 5.74) is 6.52. The van der Waals surface area contributed by atoms with E-state index in [1.54, 1.807) is 18.2 Å².